The average molecular weight is 495 g/mol. The van der Waals surface area contributed by atoms with Gasteiger partial charge in [0, 0.05) is 23.1 Å². The first-order chi connectivity index (χ1) is 17.3. The molecular weight excluding hydrogens is 457 g/mol. The summed E-state index contributed by atoms with van der Waals surface area (Å²) >= 11 is 0. The molecule has 0 saturated heterocycles. The molecule has 0 aliphatic carbocycles. The van der Waals surface area contributed by atoms with Crippen molar-refractivity contribution < 1.29 is 17.9 Å². The van der Waals surface area contributed by atoms with Gasteiger partial charge in [0.25, 0.3) is 0 Å². The third-order valence-corrected chi connectivity index (χ3v) is 7.64. The first-order valence-corrected chi connectivity index (χ1v) is 13.4. The van der Waals surface area contributed by atoms with E-state index in [0.717, 1.165) is 24.3 Å². The van der Waals surface area contributed by atoms with E-state index >= 15 is 4.39 Å². The van der Waals surface area contributed by atoms with Crippen molar-refractivity contribution in [3.05, 3.63) is 82.2 Å². The Morgan fingerprint density at radius 3 is 2.14 bits per heavy atom. The van der Waals surface area contributed by atoms with Gasteiger partial charge in [0.1, 0.15) is 0 Å². The number of benzene rings is 3. The molecule has 1 nitrogen and oxygen atoms in total. The van der Waals surface area contributed by atoms with Crippen LogP contribution in [0.2, 0.25) is 0 Å². The lowest BCUT2D eigenvalue weighted by molar-refractivity contribution is 0.380. The minimum Gasteiger partial charge on any atom is -0.450 e. The number of fused-ring (bicyclic) bond motifs is 2. The van der Waals surface area contributed by atoms with Gasteiger partial charge >= 0.3 is 0 Å². The monoisotopic (exact) mass is 494 g/mol. The summed E-state index contributed by atoms with van der Waals surface area (Å²) in [6, 6.07) is 13.2. The SMILES string of the molecule is CCCc1cc2c(c(F)c1F)Oc1c(ccc(-c3ccc(CCC(C)CCC(C)CC)cc3)c1F)C2. The van der Waals surface area contributed by atoms with Crippen LogP contribution in [0.15, 0.2) is 42.5 Å². The summed E-state index contributed by atoms with van der Waals surface area (Å²) in [5.41, 5.74) is 3.90. The second-order valence-electron chi connectivity index (χ2n) is 10.5. The molecule has 1 aliphatic rings. The van der Waals surface area contributed by atoms with E-state index in [0.29, 0.717) is 47.4 Å². The Hall–Kier alpha value is -2.75. The molecule has 0 bridgehead atoms. The van der Waals surface area contributed by atoms with Crippen LogP contribution in [0.4, 0.5) is 13.2 Å². The summed E-state index contributed by atoms with van der Waals surface area (Å²) < 4.78 is 50.5. The molecule has 0 amide bonds. The fourth-order valence-corrected chi connectivity index (χ4v) is 4.97. The van der Waals surface area contributed by atoms with Gasteiger partial charge in [-0.25, -0.2) is 8.78 Å². The molecule has 3 aromatic carbocycles. The summed E-state index contributed by atoms with van der Waals surface area (Å²) in [5.74, 6) is -1.23. The van der Waals surface area contributed by atoms with Crippen LogP contribution in [0.25, 0.3) is 11.1 Å². The highest BCUT2D eigenvalue weighted by molar-refractivity contribution is 5.69. The minimum atomic E-state index is -1.03. The second kappa shape index (κ2) is 11.5. The topological polar surface area (TPSA) is 9.23 Å². The van der Waals surface area contributed by atoms with Crippen LogP contribution < -0.4 is 4.74 Å². The van der Waals surface area contributed by atoms with Gasteiger partial charge in [0.15, 0.2) is 23.1 Å². The Kier molecular flexibility index (Phi) is 8.43. The molecule has 0 aromatic heterocycles. The van der Waals surface area contributed by atoms with Crippen LogP contribution >= 0.6 is 0 Å². The molecule has 1 aliphatic heterocycles. The Balaban J connectivity index is 1.49. The number of hydrogen-bond acceptors (Lipinski definition) is 1. The van der Waals surface area contributed by atoms with Gasteiger partial charge in [-0.3, -0.25) is 0 Å². The van der Waals surface area contributed by atoms with Gasteiger partial charge < -0.3 is 4.74 Å². The maximum atomic E-state index is 15.6. The molecular formula is C32H37F3O. The summed E-state index contributed by atoms with van der Waals surface area (Å²) in [6.07, 6.45) is 7.36. The highest BCUT2D eigenvalue weighted by atomic mass is 19.2. The van der Waals surface area contributed by atoms with Gasteiger partial charge in [-0.2, -0.15) is 4.39 Å². The van der Waals surface area contributed by atoms with E-state index in [2.05, 4.69) is 32.9 Å². The zero-order valence-electron chi connectivity index (χ0n) is 21.9. The Morgan fingerprint density at radius 2 is 1.44 bits per heavy atom. The van der Waals surface area contributed by atoms with E-state index in [4.69, 9.17) is 4.74 Å². The van der Waals surface area contributed by atoms with Crippen molar-refractivity contribution in [1.29, 1.82) is 0 Å². The molecule has 192 valence electrons. The van der Waals surface area contributed by atoms with Crippen LogP contribution in [-0.2, 0) is 19.3 Å². The van der Waals surface area contributed by atoms with Crippen LogP contribution in [0, 0.1) is 29.3 Å². The number of halogens is 3. The van der Waals surface area contributed by atoms with E-state index in [9.17, 15) is 8.78 Å². The Bertz CT molecular complexity index is 1200. The van der Waals surface area contributed by atoms with Gasteiger partial charge in [-0.1, -0.05) is 89.8 Å². The largest absolute Gasteiger partial charge is 0.450 e. The molecule has 3 aromatic rings. The zero-order chi connectivity index (χ0) is 25.8. The highest BCUT2D eigenvalue weighted by Gasteiger charge is 2.28. The molecule has 0 N–H and O–H groups in total. The summed E-state index contributed by atoms with van der Waals surface area (Å²) in [5, 5.41) is 0. The number of rotatable bonds is 10. The molecule has 1 heterocycles. The lowest BCUT2D eigenvalue weighted by Crippen LogP contribution is -2.10. The highest BCUT2D eigenvalue weighted by Crippen LogP contribution is 2.43. The average Bonchev–Trinajstić information content (AvgIpc) is 2.89. The Morgan fingerprint density at radius 1 is 0.750 bits per heavy atom. The Labute approximate surface area is 213 Å². The van der Waals surface area contributed by atoms with Crippen molar-refractivity contribution in [3.8, 4) is 22.6 Å². The smallest absolute Gasteiger partial charge is 0.201 e. The normalized spacial score (nSPS) is 14.1. The molecule has 0 saturated carbocycles. The lowest BCUT2D eigenvalue weighted by Gasteiger charge is -2.23. The van der Waals surface area contributed by atoms with Crippen LogP contribution in [0.5, 0.6) is 11.5 Å². The number of hydrogen-bond donors (Lipinski definition) is 0. The lowest BCUT2D eigenvalue weighted by atomic mass is 9.91. The quantitative estimate of drug-likeness (QED) is 0.213. The zero-order valence-corrected chi connectivity index (χ0v) is 21.9. The van der Waals surface area contributed by atoms with Gasteiger partial charge in [0.2, 0.25) is 5.82 Å². The maximum Gasteiger partial charge on any atom is 0.201 e. The molecule has 2 unspecified atom stereocenters. The van der Waals surface area contributed by atoms with Gasteiger partial charge in [-0.05, 0) is 53.9 Å². The number of aryl methyl sites for hydroxylation is 2. The molecule has 0 fully saturated rings. The molecule has 36 heavy (non-hydrogen) atoms. The van der Waals surface area contributed by atoms with Crippen molar-refractivity contribution in [2.45, 2.75) is 79.1 Å². The minimum absolute atomic E-state index is 0.0132. The molecule has 0 radical (unpaired) electrons. The molecule has 0 spiro atoms. The fraction of sp³-hybridized carbons (Fsp3) is 0.438. The van der Waals surface area contributed by atoms with Crippen molar-refractivity contribution >= 4 is 0 Å². The molecule has 2 atom stereocenters. The standard InChI is InChI=1S/C32H37F3O/c1-5-7-24-18-26-19-25-16-17-27(29(34)31(25)36-32(26)30(35)28(24)33)23-14-12-22(13-15-23)11-10-21(4)9-8-20(3)6-2/h12-18,20-21H,5-11,19H2,1-4H3. The van der Waals surface area contributed by atoms with Gasteiger partial charge in [0.05, 0.1) is 0 Å². The predicted octanol–water partition coefficient (Wildman–Crippen LogP) is 9.81. The third kappa shape index (κ3) is 5.63. The summed E-state index contributed by atoms with van der Waals surface area (Å²) in [6.45, 7) is 8.79. The van der Waals surface area contributed by atoms with Crippen molar-refractivity contribution in [2.75, 3.05) is 0 Å². The third-order valence-electron chi connectivity index (χ3n) is 7.64. The van der Waals surface area contributed by atoms with Crippen LogP contribution in [0.3, 0.4) is 0 Å². The number of ether oxygens (including phenoxy) is 1. The summed E-state index contributed by atoms with van der Waals surface area (Å²) in [7, 11) is 0. The van der Waals surface area contributed by atoms with E-state index < -0.39 is 17.5 Å². The van der Waals surface area contributed by atoms with Crippen LogP contribution in [-0.4, -0.2) is 0 Å². The van der Waals surface area contributed by atoms with E-state index in [-0.39, 0.29) is 11.5 Å². The van der Waals surface area contributed by atoms with E-state index in [1.54, 1.807) is 12.1 Å². The van der Waals surface area contributed by atoms with Crippen molar-refractivity contribution in [1.82, 2.24) is 0 Å². The first kappa shape index (κ1) is 26.3. The predicted molar refractivity (Wildman–Crippen MR) is 141 cm³/mol. The second-order valence-corrected chi connectivity index (χ2v) is 10.5. The van der Waals surface area contributed by atoms with Gasteiger partial charge in [-0.15, -0.1) is 0 Å². The molecule has 4 heteroatoms. The van der Waals surface area contributed by atoms with Crippen molar-refractivity contribution in [3.63, 3.8) is 0 Å². The molecule has 4 rings (SSSR count). The van der Waals surface area contributed by atoms with E-state index in [1.807, 2.05) is 25.1 Å². The summed E-state index contributed by atoms with van der Waals surface area (Å²) in [4.78, 5) is 0. The maximum absolute atomic E-state index is 15.6. The van der Waals surface area contributed by atoms with Crippen molar-refractivity contribution in [2.24, 2.45) is 11.8 Å². The first-order valence-electron chi connectivity index (χ1n) is 13.4. The fourth-order valence-electron chi connectivity index (χ4n) is 4.97. The van der Waals surface area contributed by atoms with Crippen LogP contribution in [0.1, 0.15) is 82.1 Å². The van der Waals surface area contributed by atoms with E-state index in [1.165, 1.54) is 24.8 Å².